The van der Waals surface area contributed by atoms with E-state index in [0.29, 0.717) is 5.01 Å². The highest BCUT2D eigenvalue weighted by Gasteiger charge is 2.09. The van der Waals surface area contributed by atoms with Crippen molar-refractivity contribution in [1.29, 1.82) is 5.26 Å². The fraction of sp³-hybridized carbons (Fsp3) is 0.100. The van der Waals surface area contributed by atoms with E-state index in [1.807, 2.05) is 13.0 Å². The second-order valence-corrected chi connectivity index (χ2v) is 3.91. The number of nitriles is 1. The fourth-order valence-electron chi connectivity index (χ4n) is 1.22. The Morgan fingerprint density at radius 2 is 2.27 bits per heavy atom. The molecule has 2 heterocycles. The van der Waals surface area contributed by atoms with Gasteiger partial charge in [-0.05, 0) is 19.1 Å². The van der Waals surface area contributed by atoms with Gasteiger partial charge in [0.15, 0.2) is 5.01 Å². The zero-order valence-corrected chi connectivity index (χ0v) is 8.68. The minimum absolute atomic E-state index is 0.409. The van der Waals surface area contributed by atoms with Gasteiger partial charge in [-0.1, -0.05) is 0 Å². The summed E-state index contributed by atoms with van der Waals surface area (Å²) in [5.74, 6) is -0.513. The predicted octanol–water partition coefficient (Wildman–Crippen LogP) is 2.52. The van der Waals surface area contributed by atoms with E-state index in [1.54, 1.807) is 6.07 Å². The number of nitrogens with zero attached hydrogens (tertiary/aromatic N) is 3. The van der Waals surface area contributed by atoms with Gasteiger partial charge in [-0.2, -0.15) is 9.65 Å². The van der Waals surface area contributed by atoms with Crippen molar-refractivity contribution in [1.82, 2.24) is 9.97 Å². The Kier molecular flexibility index (Phi) is 2.44. The highest BCUT2D eigenvalue weighted by molar-refractivity contribution is 7.15. The van der Waals surface area contributed by atoms with Crippen molar-refractivity contribution in [3.05, 3.63) is 35.0 Å². The van der Waals surface area contributed by atoms with Crippen LogP contribution in [-0.4, -0.2) is 9.97 Å². The molecule has 0 aliphatic heterocycles. The van der Waals surface area contributed by atoms with Gasteiger partial charge in [-0.3, -0.25) is 0 Å². The van der Waals surface area contributed by atoms with Gasteiger partial charge in [0.25, 0.3) is 0 Å². The van der Waals surface area contributed by atoms with Crippen LogP contribution in [-0.2, 0) is 0 Å². The van der Waals surface area contributed by atoms with Crippen LogP contribution in [0.3, 0.4) is 0 Å². The number of pyridine rings is 1. The zero-order chi connectivity index (χ0) is 10.8. The van der Waals surface area contributed by atoms with Crippen molar-refractivity contribution < 1.29 is 4.39 Å². The first-order chi connectivity index (χ1) is 7.20. The molecule has 0 aliphatic carbocycles. The van der Waals surface area contributed by atoms with Crippen molar-refractivity contribution in [2.45, 2.75) is 6.92 Å². The van der Waals surface area contributed by atoms with E-state index >= 15 is 0 Å². The molecule has 2 aromatic heterocycles. The van der Waals surface area contributed by atoms with E-state index in [1.165, 1.54) is 23.6 Å². The third kappa shape index (κ3) is 1.85. The van der Waals surface area contributed by atoms with Crippen LogP contribution in [0.5, 0.6) is 0 Å². The third-order valence-corrected chi connectivity index (χ3v) is 2.99. The Bertz CT molecular complexity index is 525. The lowest BCUT2D eigenvalue weighted by Crippen LogP contribution is -1.83. The van der Waals surface area contributed by atoms with Crippen molar-refractivity contribution in [2.24, 2.45) is 0 Å². The summed E-state index contributed by atoms with van der Waals surface area (Å²) in [6.07, 6.45) is 1.44. The van der Waals surface area contributed by atoms with Gasteiger partial charge in [-0.25, -0.2) is 9.97 Å². The molecule has 0 N–H and O–H groups in total. The van der Waals surface area contributed by atoms with Crippen molar-refractivity contribution >= 4 is 11.3 Å². The summed E-state index contributed by atoms with van der Waals surface area (Å²) in [6.45, 7) is 1.82. The first-order valence-corrected chi connectivity index (χ1v) is 5.02. The fourth-order valence-corrected chi connectivity index (χ4v) is 2.08. The SMILES string of the molecule is Cc1nc(C#N)sc1-c1ccc(F)nc1. The van der Waals surface area contributed by atoms with Crippen molar-refractivity contribution in [2.75, 3.05) is 0 Å². The summed E-state index contributed by atoms with van der Waals surface area (Å²) in [5, 5.41) is 9.10. The van der Waals surface area contributed by atoms with E-state index in [9.17, 15) is 4.39 Å². The molecule has 0 aliphatic rings. The van der Waals surface area contributed by atoms with Gasteiger partial charge in [0.2, 0.25) is 5.95 Å². The van der Waals surface area contributed by atoms with E-state index < -0.39 is 5.95 Å². The Morgan fingerprint density at radius 3 is 2.80 bits per heavy atom. The molecule has 0 spiro atoms. The number of aryl methyl sites for hydroxylation is 1. The van der Waals surface area contributed by atoms with Crippen molar-refractivity contribution in [3.8, 4) is 16.5 Å². The normalized spacial score (nSPS) is 9.93. The Morgan fingerprint density at radius 1 is 1.47 bits per heavy atom. The molecule has 2 aromatic rings. The maximum absolute atomic E-state index is 12.6. The molecule has 74 valence electrons. The van der Waals surface area contributed by atoms with E-state index in [0.717, 1.165) is 16.1 Å². The first-order valence-electron chi connectivity index (χ1n) is 4.20. The first kappa shape index (κ1) is 9.74. The topological polar surface area (TPSA) is 49.6 Å². The van der Waals surface area contributed by atoms with Crippen LogP contribution < -0.4 is 0 Å². The number of aromatic nitrogens is 2. The summed E-state index contributed by atoms with van der Waals surface area (Å²) >= 11 is 1.28. The molecular formula is C10H6FN3S. The van der Waals surface area contributed by atoms with Gasteiger partial charge in [0.05, 0.1) is 10.6 Å². The lowest BCUT2D eigenvalue weighted by Gasteiger charge is -1.96. The molecule has 0 saturated heterocycles. The average molecular weight is 219 g/mol. The monoisotopic (exact) mass is 219 g/mol. The van der Waals surface area contributed by atoms with Gasteiger partial charge in [0.1, 0.15) is 6.07 Å². The summed E-state index contributed by atoms with van der Waals surface area (Å²) in [6, 6.07) is 4.90. The van der Waals surface area contributed by atoms with Crippen LogP contribution in [0.1, 0.15) is 10.7 Å². The van der Waals surface area contributed by atoms with Crippen LogP contribution >= 0.6 is 11.3 Å². The second-order valence-electron chi connectivity index (χ2n) is 2.91. The molecule has 0 aromatic carbocycles. The third-order valence-electron chi connectivity index (χ3n) is 1.88. The highest BCUT2D eigenvalue weighted by Crippen LogP contribution is 2.28. The Hall–Kier alpha value is -1.80. The molecule has 0 fully saturated rings. The van der Waals surface area contributed by atoms with E-state index in [4.69, 9.17) is 5.26 Å². The maximum Gasteiger partial charge on any atom is 0.212 e. The van der Waals surface area contributed by atoms with Gasteiger partial charge >= 0.3 is 0 Å². The van der Waals surface area contributed by atoms with Crippen molar-refractivity contribution in [3.63, 3.8) is 0 Å². The summed E-state index contributed by atoms with van der Waals surface area (Å²) in [5.41, 5.74) is 1.55. The minimum Gasteiger partial charge on any atom is -0.231 e. The van der Waals surface area contributed by atoms with E-state index in [-0.39, 0.29) is 0 Å². The standard InChI is InChI=1S/C10H6FN3S/c1-6-10(15-9(4-12)14-6)7-2-3-8(11)13-5-7/h2-3,5H,1H3. The quantitative estimate of drug-likeness (QED) is 0.692. The Balaban J connectivity index is 2.50. The largest absolute Gasteiger partial charge is 0.231 e. The summed E-state index contributed by atoms with van der Waals surface area (Å²) in [4.78, 5) is 8.49. The van der Waals surface area contributed by atoms with Gasteiger partial charge < -0.3 is 0 Å². The lowest BCUT2D eigenvalue weighted by molar-refractivity contribution is 0.584. The van der Waals surface area contributed by atoms with Crippen LogP contribution in [0, 0.1) is 24.2 Å². The predicted molar refractivity (Wildman–Crippen MR) is 54.8 cm³/mol. The molecule has 0 atom stereocenters. The number of rotatable bonds is 1. The molecule has 0 saturated carbocycles. The van der Waals surface area contributed by atoms with Crippen LogP contribution in [0.15, 0.2) is 18.3 Å². The zero-order valence-electron chi connectivity index (χ0n) is 7.86. The van der Waals surface area contributed by atoms with Crippen LogP contribution in [0.4, 0.5) is 4.39 Å². The number of thiazole rings is 1. The molecular weight excluding hydrogens is 213 g/mol. The van der Waals surface area contributed by atoms with Gasteiger partial charge in [-0.15, -0.1) is 11.3 Å². The molecule has 0 amide bonds. The summed E-state index contributed by atoms with van der Waals surface area (Å²) < 4.78 is 12.6. The second kappa shape index (κ2) is 3.75. The molecule has 0 unspecified atom stereocenters. The molecule has 2 rings (SSSR count). The number of halogens is 1. The summed E-state index contributed by atoms with van der Waals surface area (Å²) in [7, 11) is 0. The van der Waals surface area contributed by atoms with E-state index in [2.05, 4.69) is 9.97 Å². The highest BCUT2D eigenvalue weighted by atomic mass is 32.1. The molecule has 0 radical (unpaired) electrons. The molecule has 3 nitrogen and oxygen atoms in total. The molecule has 0 bridgehead atoms. The maximum atomic E-state index is 12.6. The average Bonchev–Trinajstić information content (AvgIpc) is 2.61. The van der Waals surface area contributed by atoms with Gasteiger partial charge in [0, 0.05) is 11.8 Å². The number of hydrogen-bond donors (Lipinski definition) is 0. The number of hydrogen-bond acceptors (Lipinski definition) is 4. The Labute approximate surface area is 89.9 Å². The smallest absolute Gasteiger partial charge is 0.212 e. The molecule has 15 heavy (non-hydrogen) atoms. The lowest BCUT2D eigenvalue weighted by atomic mass is 10.2. The minimum atomic E-state index is -0.513. The molecule has 5 heteroatoms. The van der Waals surface area contributed by atoms with Crippen LogP contribution in [0.25, 0.3) is 10.4 Å². The van der Waals surface area contributed by atoms with Crippen LogP contribution in [0.2, 0.25) is 0 Å².